The van der Waals surface area contributed by atoms with E-state index in [2.05, 4.69) is 16.0 Å². The molecule has 5 heteroatoms. The molecule has 0 unspecified atom stereocenters. The van der Waals surface area contributed by atoms with Gasteiger partial charge >= 0.3 is 0 Å². The van der Waals surface area contributed by atoms with Crippen LogP contribution in [0.3, 0.4) is 0 Å². The van der Waals surface area contributed by atoms with E-state index in [-0.39, 0.29) is 5.91 Å². The van der Waals surface area contributed by atoms with Crippen LogP contribution in [-0.2, 0) is 0 Å². The van der Waals surface area contributed by atoms with Gasteiger partial charge in [0.05, 0.1) is 18.1 Å². The highest BCUT2D eigenvalue weighted by atomic mass is 16.3. The number of hydrogen-bond acceptors (Lipinski definition) is 4. The van der Waals surface area contributed by atoms with Gasteiger partial charge < -0.3 is 14.2 Å². The van der Waals surface area contributed by atoms with Crippen molar-refractivity contribution in [2.24, 2.45) is 11.8 Å². The molecule has 0 aliphatic carbocycles. The summed E-state index contributed by atoms with van der Waals surface area (Å²) < 4.78 is 5.24. The summed E-state index contributed by atoms with van der Waals surface area (Å²) in [4.78, 5) is 20.9. The van der Waals surface area contributed by atoms with E-state index in [9.17, 15) is 4.79 Å². The molecule has 2 fully saturated rings. The number of furan rings is 1. The summed E-state index contributed by atoms with van der Waals surface area (Å²) in [6.07, 6.45) is 6.40. The van der Waals surface area contributed by atoms with Gasteiger partial charge in [0.2, 0.25) is 0 Å². The zero-order chi connectivity index (χ0) is 14.9. The highest BCUT2D eigenvalue weighted by Gasteiger charge is 2.39. The van der Waals surface area contributed by atoms with E-state index < -0.39 is 0 Å². The van der Waals surface area contributed by atoms with Crippen LogP contribution in [0.4, 0.5) is 5.69 Å². The molecular formula is C17H19N3O2. The van der Waals surface area contributed by atoms with Crippen molar-refractivity contribution >= 4 is 11.6 Å². The Bertz CT molecular complexity index is 641. The molecule has 0 aromatic carbocycles. The molecule has 2 aromatic rings. The summed E-state index contributed by atoms with van der Waals surface area (Å²) in [5.41, 5.74) is 1.18. The third-order valence-corrected chi connectivity index (χ3v) is 4.83. The van der Waals surface area contributed by atoms with Crippen molar-refractivity contribution in [2.75, 3.05) is 31.1 Å². The first-order valence-corrected chi connectivity index (χ1v) is 7.79. The highest BCUT2D eigenvalue weighted by molar-refractivity contribution is 5.91. The molecule has 2 aliphatic heterocycles. The second-order valence-corrected chi connectivity index (χ2v) is 6.15. The maximum absolute atomic E-state index is 12.4. The molecular weight excluding hydrogens is 278 g/mol. The normalized spacial score (nSPS) is 24.4. The van der Waals surface area contributed by atoms with E-state index in [0.717, 1.165) is 32.6 Å². The Morgan fingerprint density at radius 2 is 2.09 bits per heavy atom. The van der Waals surface area contributed by atoms with Gasteiger partial charge in [-0.1, -0.05) is 0 Å². The van der Waals surface area contributed by atoms with Crippen LogP contribution in [0.25, 0.3) is 0 Å². The first-order valence-electron chi connectivity index (χ1n) is 7.79. The average Bonchev–Trinajstić information content (AvgIpc) is 3.23. The molecule has 0 spiro atoms. The minimum atomic E-state index is 0.0207. The van der Waals surface area contributed by atoms with E-state index in [4.69, 9.17) is 4.42 Å². The number of carbonyl (C=O) groups is 1. The number of carbonyl (C=O) groups excluding carboxylic acids is 1. The highest BCUT2D eigenvalue weighted by Crippen LogP contribution is 2.33. The zero-order valence-electron chi connectivity index (χ0n) is 12.4. The molecule has 5 nitrogen and oxygen atoms in total. The molecule has 1 amide bonds. The van der Waals surface area contributed by atoms with Crippen LogP contribution in [-0.4, -0.2) is 42.0 Å². The summed E-state index contributed by atoms with van der Waals surface area (Å²) in [6.45, 7) is 3.71. The summed E-state index contributed by atoms with van der Waals surface area (Å²) in [6, 6.07) is 7.59. The Labute approximate surface area is 129 Å². The molecule has 114 valence electrons. The standard InChI is InChI=1S/C17H19N3O2/c21-17(16-4-2-8-22-16)20-10-13-5-7-19(11-14(13)12-20)15-3-1-6-18-9-15/h1-4,6,8-9,13-14H,5,7,10-12H2/t13-,14+/m0/s1. The molecule has 0 radical (unpaired) electrons. The fourth-order valence-corrected chi connectivity index (χ4v) is 3.67. The molecule has 0 N–H and O–H groups in total. The molecule has 2 aliphatic rings. The number of likely N-dealkylation sites (tertiary alicyclic amines) is 1. The van der Waals surface area contributed by atoms with Gasteiger partial charge in [0.25, 0.3) is 5.91 Å². The lowest BCUT2D eigenvalue weighted by molar-refractivity contribution is 0.0753. The Balaban J connectivity index is 1.45. The van der Waals surface area contributed by atoms with Gasteiger partial charge in [0.1, 0.15) is 0 Å². The Kier molecular flexibility index (Phi) is 3.33. The van der Waals surface area contributed by atoms with Crippen molar-refractivity contribution in [2.45, 2.75) is 6.42 Å². The predicted molar refractivity (Wildman–Crippen MR) is 82.7 cm³/mol. The Morgan fingerprint density at radius 3 is 2.86 bits per heavy atom. The summed E-state index contributed by atoms with van der Waals surface area (Å²) in [7, 11) is 0. The van der Waals surface area contributed by atoms with Crippen LogP contribution in [0.2, 0.25) is 0 Å². The van der Waals surface area contributed by atoms with Gasteiger partial charge in [-0.25, -0.2) is 0 Å². The van der Waals surface area contributed by atoms with Crippen LogP contribution in [0.1, 0.15) is 17.0 Å². The summed E-state index contributed by atoms with van der Waals surface area (Å²) in [5.74, 6) is 1.61. The van der Waals surface area contributed by atoms with Crippen LogP contribution in [0, 0.1) is 11.8 Å². The number of amides is 1. The van der Waals surface area contributed by atoms with E-state index in [0.29, 0.717) is 17.6 Å². The molecule has 2 aromatic heterocycles. The molecule has 0 saturated carbocycles. The van der Waals surface area contributed by atoms with Crippen molar-refractivity contribution in [3.8, 4) is 0 Å². The van der Waals surface area contributed by atoms with Crippen molar-refractivity contribution in [3.05, 3.63) is 48.7 Å². The fourth-order valence-electron chi connectivity index (χ4n) is 3.67. The Morgan fingerprint density at radius 1 is 1.18 bits per heavy atom. The van der Waals surface area contributed by atoms with Gasteiger partial charge in [-0.3, -0.25) is 9.78 Å². The number of fused-ring (bicyclic) bond motifs is 1. The smallest absolute Gasteiger partial charge is 0.289 e. The van der Waals surface area contributed by atoms with E-state index in [1.54, 1.807) is 24.6 Å². The van der Waals surface area contributed by atoms with Crippen molar-refractivity contribution in [3.63, 3.8) is 0 Å². The lowest BCUT2D eigenvalue weighted by Crippen LogP contribution is -2.40. The topological polar surface area (TPSA) is 49.6 Å². The third kappa shape index (κ3) is 2.36. The fraction of sp³-hybridized carbons (Fsp3) is 0.412. The van der Waals surface area contributed by atoms with Gasteiger partial charge in [0, 0.05) is 32.4 Å². The van der Waals surface area contributed by atoms with Gasteiger partial charge in [-0.15, -0.1) is 0 Å². The number of pyridine rings is 1. The van der Waals surface area contributed by atoms with E-state index >= 15 is 0 Å². The van der Waals surface area contributed by atoms with Gasteiger partial charge in [-0.2, -0.15) is 0 Å². The van der Waals surface area contributed by atoms with Gasteiger partial charge in [0.15, 0.2) is 5.76 Å². The SMILES string of the molecule is O=C(c1ccco1)N1C[C@@H]2CCN(c3cccnc3)C[C@@H]2C1. The zero-order valence-corrected chi connectivity index (χ0v) is 12.4. The number of hydrogen-bond donors (Lipinski definition) is 0. The first kappa shape index (κ1) is 13.4. The number of rotatable bonds is 2. The maximum atomic E-state index is 12.4. The summed E-state index contributed by atoms with van der Waals surface area (Å²) in [5, 5.41) is 0. The minimum absolute atomic E-state index is 0.0207. The van der Waals surface area contributed by atoms with Crippen LogP contribution in [0.5, 0.6) is 0 Å². The van der Waals surface area contributed by atoms with Crippen LogP contribution < -0.4 is 4.90 Å². The predicted octanol–water partition coefficient (Wildman–Crippen LogP) is 2.27. The van der Waals surface area contributed by atoms with E-state index in [1.807, 2.05) is 17.2 Å². The number of piperidine rings is 1. The largest absolute Gasteiger partial charge is 0.459 e. The number of aromatic nitrogens is 1. The van der Waals surface area contributed by atoms with Crippen LogP contribution in [0.15, 0.2) is 47.3 Å². The molecule has 4 rings (SSSR count). The average molecular weight is 297 g/mol. The second-order valence-electron chi connectivity index (χ2n) is 6.15. The van der Waals surface area contributed by atoms with Gasteiger partial charge in [-0.05, 0) is 42.5 Å². The molecule has 22 heavy (non-hydrogen) atoms. The minimum Gasteiger partial charge on any atom is -0.459 e. The lowest BCUT2D eigenvalue weighted by Gasteiger charge is -2.35. The first-order chi connectivity index (χ1) is 10.8. The number of nitrogens with zero attached hydrogens (tertiary/aromatic N) is 3. The molecule has 0 bridgehead atoms. The number of anilines is 1. The molecule has 2 atom stereocenters. The van der Waals surface area contributed by atoms with Crippen LogP contribution >= 0.6 is 0 Å². The maximum Gasteiger partial charge on any atom is 0.289 e. The van der Waals surface area contributed by atoms with Crippen molar-refractivity contribution in [1.82, 2.24) is 9.88 Å². The quantitative estimate of drug-likeness (QED) is 0.853. The second kappa shape index (κ2) is 5.48. The van der Waals surface area contributed by atoms with E-state index in [1.165, 1.54) is 5.69 Å². The lowest BCUT2D eigenvalue weighted by atomic mass is 9.88. The monoisotopic (exact) mass is 297 g/mol. The van der Waals surface area contributed by atoms with Crippen molar-refractivity contribution in [1.29, 1.82) is 0 Å². The Hall–Kier alpha value is -2.30. The summed E-state index contributed by atoms with van der Waals surface area (Å²) >= 11 is 0. The third-order valence-electron chi connectivity index (χ3n) is 4.83. The molecule has 4 heterocycles. The molecule has 2 saturated heterocycles. The van der Waals surface area contributed by atoms with Crippen molar-refractivity contribution < 1.29 is 9.21 Å².